The van der Waals surface area contributed by atoms with E-state index in [0.29, 0.717) is 0 Å². The Bertz CT molecular complexity index is 78.3. The first-order chi connectivity index (χ1) is 3.73. The zero-order chi connectivity index (χ0) is 8.08. The largest absolute Gasteiger partial charge is 0.692 e. The van der Waals surface area contributed by atoms with Crippen LogP contribution in [0.25, 0.3) is 0 Å². The molecule has 0 radical (unpaired) electrons. The summed E-state index contributed by atoms with van der Waals surface area (Å²) in [5, 5.41) is 0. The quantitative estimate of drug-likeness (QED) is 0.522. The van der Waals surface area contributed by atoms with Crippen molar-refractivity contribution < 1.29 is 18.7 Å². The molecule has 2 N–H and O–H groups in total. The first-order valence-electron chi connectivity index (χ1n) is 2.27. The van der Waals surface area contributed by atoms with Gasteiger partial charge in [-0.25, -0.2) is 4.39 Å². The minimum Gasteiger partial charge on any atom is -0.245 e. The summed E-state index contributed by atoms with van der Waals surface area (Å²) in [5.41, 5.74) is -1.00. The van der Waals surface area contributed by atoms with Gasteiger partial charge in [0, 0.05) is 4.57 Å². The normalized spacial score (nSPS) is 9.56. The third-order valence-corrected chi connectivity index (χ3v) is 0. The molecule has 0 bridgehead atoms. The molecule has 0 amide bonds. The van der Waals surface area contributed by atoms with Gasteiger partial charge in [-0.1, -0.05) is 0 Å². The second kappa shape index (κ2) is 4.79. The molecule has 0 fully saturated rings. The van der Waals surface area contributed by atoms with Crippen LogP contribution in [0.5, 0.6) is 0 Å². The Kier molecular flexibility index (Phi) is 6.24. The fraction of sp³-hybridized carbons (Fsp3) is 1.00. The second-order valence-electron chi connectivity index (χ2n) is 2.32. The highest BCUT2D eigenvalue weighted by molar-refractivity contribution is 7.30. The van der Waals surface area contributed by atoms with Crippen molar-refractivity contribution in [2.75, 3.05) is 0 Å². The van der Waals surface area contributed by atoms with Crippen LogP contribution < -0.4 is 0 Å². The fourth-order valence-corrected chi connectivity index (χ4v) is 0. The molecule has 0 spiro atoms. The van der Waals surface area contributed by atoms with E-state index >= 15 is 0 Å². The summed E-state index contributed by atoms with van der Waals surface area (Å²) in [5.74, 6) is 0. The average Bonchev–Trinajstić information content (AvgIpc) is 1.19. The Hall–Kier alpha value is -0.0500. The van der Waals surface area contributed by atoms with Gasteiger partial charge in [-0.3, -0.25) is 0 Å². The fourth-order valence-electron chi connectivity index (χ4n) is 0. The molecule has 56 valence electrons. The van der Waals surface area contributed by atoms with Crippen LogP contribution in [0.15, 0.2) is 0 Å². The summed E-state index contributed by atoms with van der Waals surface area (Å²) in [6.45, 7) is 4.56. The highest BCUT2D eigenvalue weighted by Gasteiger charge is 2.01. The highest BCUT2D eigenvalue weighted by atomic mass is 31.1. The Morgan fingerprint density at radius 2 is 1.33 bits per heavy atom. The van der Waals surface area contributed by atoms with Crippen LogP contribution in [0.2, 0.25) is 0 Å². The summed E-state index contributed by atoms with van der Waals surface area (Å²) in [4.78, 5) is 14.2. The highest BCUT2D eigenvalue weighted by Crippen LogP contribution is 2.02. The SMILES string of the molecule is CC(C)(C)F.O=[P+](O)O. The lowest BCUT2D eigenvalue weighted by Gasteiger charge is -1.99. The smallest absolute Gasteiger partial charge is 0.245 e. The maximum absolute atomic E-state index is 11.7. The number of halogens is 1. The van der Waals surface area contributed by atoms with Crippen LogP contribution in [0.1, 0.15) is 20.8 Å². The summed E-state index contributed by atoms with van der Waals surface area (Å²) in [6, 6.07) is 0. The van der Waals surface area contributed by atoms with Gasteiger partial charge >= 0.3 is 8.25 Å². The van der Waals surface area contributed by atoms with E-state index in [1.54, 1.807) is 0 Å². The van der Waals surface area contributed by atoms with Crippen molar-refractivity contribution in [2.45, 2.75) is 26.4 Å². The van der Waals surface area contributed by atoms with E-state index in [1.165, 1.54) is 20.8 Å². The van der Waals surface area contributed by atoms with Crippen LogP contribution in [0, 0.1) is 0 Å². The summed E-state index contributed by atoms with van der Waals surface area (Å²) < 4.78 is 20.4. The van der Waals surface area contributed by atoms with Crippen molar-refractivity contribution in [1.29, 1.82) is 0 Å². The van der Waals surface area contributed by atoms with E-state index in [-0.39, 0.29) is 0 Å². The van der Waals surface area contributed by atoms with E-state index in [0.717, 1.165) is 0 Å². The van der Waals surface area contributed by atoms with Crippen LogP contribution in [0.4, 0.5) is 4.39 Å². The Labute approximate surface area is 54.5 Å². The molecule has 0 aromatic carbocycles. The van der Waals surface area contributed by atoms with Crippen LogP contribution >= 0.6 is 8.25 Å². The number of alkyl halides is 1. The second-order valence-corrected chi connectivity index (χ2v) is 2.83. The van der Waals surface area contributed by atoms with Crippen LogP contribution in [-0.4, -0.2) is 15.5 Å². The van der Waals surface area contributed by atoms with Gasteiger partial charge in [-0.05, 0) is 20.8 Å². The molecule has 0 aromatic rings. The minimum atomic E-state index is -2.87. The predicted octanol–water partition coefficient (Wildman–Crippen LogP) is 1.38. The van der Waals surface area contributed by atoms with Crippen molar-refractivity contribution in [3.63, 3.8) is 0 Å². The summed E-state index contributed by atoms with van der Waals surface area (Å²) in [6.07, 6.45) is 0. The molecular formula is C4H11FO3P+. The maximum Gasteiger partial charge on any atom is 0.692 e. The van der Waals surface area contributed by atoms with Crippen LogP contribution in [-0.2, 0) is 4.57 Å². The average molecular weight is 157 g/mol. The van der Waals surface area contributed by atoms with Gasteiger partial charge < -0.3 is 0 Å². The van der Waals surface area contributed by atoms with Crippen molar-refractivity contribution in [3.8, 4) is 0 Å². The third-order valence-electron chi connectivity index (χ3n) is 0. The zero-order valence-corrected chi connectivity index (χ0v) is 6.52. The molecule has 0 aliphatic rings. The van der Waals surface area contributed by atoms with Crippen molar-refractivity contribution in [3.05, 3.63) is 0 Å². The standard InChI is InChI=1S/C4H9F.HO3P/c1-4(2,3)5;1-4(2)3/h1-3H3;(H-,1,2,3)/p+1. The summed E-state index contributed by atoms with van der Waals surface area (Å²) in [7, 11) is -2.87. The van der Waals surface area contributed by atoms with Gasteiger partial charge in [0.1, 0.15) is 5.67 Å². The first kappa shape index (κ1) is 11.7. The van der Waals surface area contributed by atoms with E-state index < -0.39 is 13.9 Å². The molecular weight excluding hydrogens is 146 g/mol. The van der Waals surface area contributed by atoms with Gasteiger partial charge in [-0.2, -0.15) is 0 Å². The maximum atomic E-state index is 11.7. The molecule has 0 atom stereocenters. The predicted molar refractivity (Wildman–Crippen MR) is 32.9 cm³/mol. The number of hydrogen-bond acceptors (Lipinski definition) is 1. The number of hydrogen-bond donors (Lipinski definition) is 2. The molecule has 0 heterocycles. The molecule has 0 rings (SSSR count). The Balaban J connectivity index is 0. The lowest BCUT2D eigenvalue weighted by Crippen LogP contribution is -2.01. The Morgan fingerprint density at radius 3 is 1.33 bits per heavy atom. The molecule has 0 aliphatic heterocycles. The van der Waals surface area contributed by atoms with E-state index in [4.69, 9.17) is 14.4 Å². The lowest BCUT2D eigenvalue weighted by atomic mass is 10.2. The molecule has 0 saturated heterocycles. The molecule has 5 heteroatoms. The zero-order valence-electron chi connectivity index (χ0n) is 5.63. The number of rotatable bonds is 0. The van der Waals surface area contributed by atoms with Gasteiger partial charge in [0.2, 0.25) is 0 Å². The minimum absolute atomic E-state index is 1.00. The monoisotopic (exact) mass is 157 g/mol. The van der Waals surface area contributed by atoms with Crippen LogP contribution in [0.3, 0.4) is 0 Å². The molecule has 0 saturated carbocycles. The molecule has 0 unspecified atom stereocenters. The van der Waals surface area contributed by atoms with Gasteiger partial charge in [0.15, 0.2) is 0 Å². The molecule has 3 nitrogen and oxygen atoms in total. The van der Waals surface area contributed by atoms with E-state index in [9.17, 15) is 4.39 Å². The van der Waals surface area contributed by atoms with Gasteiger partial charge in [-0.15, -0.1) is 9.79 Å². The van der Waals surface area contributed by atoms with Crippen molar-refractivity contribution >= 4 is 8.25 Å². The van der Waals surface area contributed by atoms with Gasteiger partial charge in [0.05, 0.1) is 0 Å². The molecule has 9 heavy (non-hydrogen) atoms. The summed E-state index contributed by atoms with van der Waals surface area (Å²) >= 11 is 0. The molecule has 0 aromatic heterocycles. The van der Waals surface area contributed by atoms with Crippen molar-refractivity contribution in [2.24, 2.45) is 0 Å². The van der Waals surface area contributed by atoms with Gasteiger partial charge in [0.25, 0.3) is 0 Å². The molecule has 0 aliphatic carbocycles. The third kappa shape index (κ3) is 113000. The Morgan fingerprint density at radius 1 is 1.33 bits per heavy atom. The lowest BCUT2D eigenvalue weighted by molar-refractivity contribution is 0.246. The van der Waals surface area contributed by atoms with E-state index in [1.807, 2.05) is 0 Å². The van der Waals surface area contributed by atoms with Crippen molar-refractivity contribution in [1.82, 2.24) is 0 Å². The topological polar surface area (TPSA) is 57.5 Å². The first-order valence-corrected chi connectivity index (χ1v) is 3.44. The van der Waals surface area contributed by atoms with E-state index in [2.05, 4.69) is 0 Å².